The molecule has 0 aliphatic heterocycles. The van der Waals surface area contributed by atoms with Crippen molar-refractivity contribution in [3.05, 3.63) is 64.6 Å². The van der Waals surface area contributed by atoms with Gasteiger partial charge in [0.05, 0.1) is 30.3 Å². The summed E-state index contributed by atoms with van der Waals surface area (Å²) < 4.78 is 18.1. The zero-order valence-electron chi connectivity index (χ0n) is 14.3. The number of ether oxygens (including phenoxy) is 1. The molecular formula is C18H23FN2O2S. The third kappa shape index (κ3) is 7.37. The first-order valence-electron chi connectivity index (χ1n) is 7.51. The van der Waals surface area contributed by atoms with Crippen LogP contribution in [-0.4, -0.2) is 29.4 Å². The lowest BCUT2D eigenvalue weighted by atomic mass is 10.1. The van der Waals surface area contributed by atoms with Crippen molar-refractivity contribution in [1.29, 1.82) is 0 Å². The van der Waals surface area contributed by atoms with Gasteiger partial charge in [-0.15, -0.1) is 11.3 Å². The molecule has 0 bridgehead atoms. The molecule has 1 aromatic heterocycles. The van der Waals surface area contributed by atoms with Crippen LogP contribution in [-0.2, 0) is 16.1 Å². The minimum atomic E-state index is -0.594. The van der Waals surface area contributed by atoms with Crippen molar-refractivity contribution in [3.63, 3.8) is 0 Å². The van der Waals surface area contributed by atoms with Gasteiger partial charge in [-0.25, -0.2) is 9.37 Å². The van der Waals surface area contributed by atoms with Crippen LogP contribution in [0.3, 0.4) is 0 Å². The quantitative estimate of drug-likeness (QED) is 0.492. The van der Waals surface area contributed by atoms with Gasteiger partial charge in [0.15, 0.2) is 0 Å². The highest BCUT2D eigenvalue weighted by molar-refractivity contribution is 7.09. The monoisotopic (exact) mass is 350 g/mol. The topological polar surface area (TPSA) is 42.4 Å². The maximum atomic E-state index is 12.9. The molecule has 0 aliphatic rings. The summed E-state index contributed by atoms with van der Waals surface area (Å²) in [6.07, 6.45) is 4.58. The summed E-state index contributed by atoms with van der Waals surface area (Å²) in [5.41, 5.74) is 1.48. The minimum absolute atomic E-state index is 0.0628. The zero-order valence-corrected chi connectivity index (χ0v) is 15.2. The Kier molecular flexibility index (Phi) is 8.12. The molecule has 0 atom stereocenters. The number of halogens is 1. The highest BCUT2D eigenvalue weighted by Crippen LogP contribution is 2.13. The van der Waals surface area contributed by atoms with Gasteiger partial charge in [0, 0.05) is 18.5 Å². The summed E-state index contributed by atoms with van der Waals surface area (Å²) in [5, 5.41) is 2.92. The van der Waals surface area contributed by atoms with E-state index in [1.54, 1.807) is 42.4 Å². The van der Waals surface area contributed by atoms with Crippen LogP contribution in [0.5, 0.6) is 0 Å². The Balaban J connectivity index is 2.57. The van der Waals surface area contributed by atoms with E-state index >= 15 is 0 Å². The SMILES string of the molecule is C=C(F)/C=C(\C=C/C(=C)CC(=O)N(C)Cc1csc(C)n1)OCC. The number of rotatable bonds is 9. The van der Waals surface area contributed by atoms with E-state index in [0.717, 1.165) is 10.7 Å². The molecule has 0 saturated carbocycles. The van der Waals surface area contributed by atoms with Gasteiger partial charge in [0.2, 0.25) is 5.91 Å². The molecule has 1 amide bonds. The molecule has 6 heteroatoms. The Hall–Kier alpha value is -2.21. The van der Waals surface area contributed by atoms with Crippen molar-refractivity contribution < 1.29 is 13.9 Å². The Morgan fingerprint density at radius 1 is 1.46 bits per heavy atom. The van der Waals surface area contributed by atoms with E-state index in [1.165, 1.54) is 6.08 Å². The second kappa shape index (κ2) is 9.82. The van der Waals surface area contributed by atoms with Crippen LogP contribution >= 0.6 is 11.3 Å². The predicted molar refractivity (Wildman–Crippen MR) is 96.2 cm³/mol. The van der Waals surface area contributed by atoms with Gasteiger partial charge in [0.25, 0.3) is 0 Å². The number of hydrogen-bond donors (Lipinski definition) is 0. The number of nitrogens with zero attached hydrogens (tertiary/aromatic N) is 2. The molecule has 0 fully saturated rings. The number of allylic oxidation sites excluding steroid dienone is 4. The Morgan fingerprint density at radius 3 is 2.71 bits per heavy atom. The highest BCUT2D eigenvalue weighted by atomic mass is 32.1. The average molecular weight is 350 g/mol. The van der Waals surface area contributed by atoms with E-state index in [0.29, 0.717) is 24.5 Å². The van der Waals surface area contributed by atoms with Crippen LogP contribution in [0.25, 0.3) is 0 Å². The zero-order chi connectivity index (χ0) is 18.1. The predicted octanol–water partition coefficient (Wildman–Crippen LogP) is 4.32. The first kappa shape index (κ1) is 19.8. The molecule has 0 saturated heterocycles. The summed E-state index contributed by atoms with van der Waals surface area (Å²) in [7, 11) is 1.73. The van der Waals surface area contributed by atoms with Crippen molar-refractivity contribution in [1.82, 2.24) is 9.88 Å². The second-order valence-corrected chi connectivity index (χ2v) is 6.26. The van der Waals surface area contributed by atoms with Crippen LogP contribution in [0.15, 0.2) is 53.9 Å². The molecule has 24 heavy (non-hydrogen) atoms. The molecule has 1 rings (SSSR count). The molecule has 0 unspecified atom stereocenters. The number of thiazole rings is 1. The fourth-order valence-electron chi connectivity index (χ4n) is 1.86. The minimum Gasteiger partial charge on any atom is -0.494 e. The van der Waals surface area contributed by atoms with Crippen molar-refractivity contribution in [3.8, 4) is 0 Å². The average Bonchev–Trinajstić information content (AvgIpc) is 2.89. The standard InChI is InChI=1S/C18H23FN2O2S/c1-6-23-17(10-14(3)19)8-7-13(2)9-18(22)21(5)11-16-12-24-15(4)20-16/h7-8,10,12H,2-3,6,9,11H2,1,4-5H3/b8-7-,17-10+. The summed E-state index contributed by atoms with van der Waals surface area (Å²) in [6.45, 7) is 11.6. The molecule has 4 nitrogen and oxygen atoms in total. The maximum Gasteiger partial charge on any atom is 0.227 e. The smallest absolute Gasteiger partial charge is 0.227 e. The largest absolute Gasteiger partial charge is 0.494 e. The lowest BCUT2D eigenvalue weighted by Gasteiger charge is -2.16. The molecule has 0 spiro atoms. The van der Waals surface area contributed by atoms with Crippen molar-refractivity contribution in [2.45, 2.75) is 26.8 Å². The fraction of sp³-hybridized carbons (Fsp3) is 0.333. The van der Waals surface area contributed by atoms with Crippen LogP contribution in [0.2, 0.25) is 0 Å². The summed E-state index contributed by atoms with van der Waals surface area (Å²) in [4.78, 5) is 18.1. The lowest BCUT2D eigenvalue weighted by Crippen LogP contribution is -2.26. The third-order valence-electron chi connectivity index (χ3n) is 2.96. The van der Waals surface area contributed by atoms with Crippen molar-refractivity contribution in [2.75, 3.05) is 13.7 Å². The van der Waals surface area contributed by atoms with Crippen LogP contribution < -0.4 is 0 Å². The summed E-state index contributed by atoms with van der Waals surface area (Å²) >= 11 is 1.56. The fourth-order valence-corrected chi connectivity index (χ4v) is 2.46. The Bertz CT molecular complexity index is 662. The molecule has 1 aromatic rings. The molecule has 0 N–H and O–H groups in total. The maximum absolute atomic E-state index is 12.9. The molecule has 0 aliphatic carbocycles. The van der Waals surface area contributed by atoms with Crippen molar-refractivity contribution in [2.24, 2.45) is 0 Å². The van der Waals surface area contributed by atoms with Gasteiger partial charge in [-0.3, -0.25) is 4.79 Å². The van der Waals surface area contributed by atoms with Gasteiger partial charge in [-0.2, -0.15) is 0 Å². The van der Waals surface area contributed by atoms with Gasteiger partial charge in [-0.1, -0.05) is 19.2 Å². The Morgan fingerprint density at radius 2 is 2.17 bits per heavy atom. The number of amides is 1. The van der Waals surface area contributed by atoms with Crippen molar-refractivity contribution >= 4 is 17.2 Å². The van der Waals surface area contributed by atoms with Gasteiger partial charge in [-0.05, 0) is 25.5 Å². The van der Waals surface area contributed by atoms with E-state index < -0.39 is 5.83 Å². The van der Waals surface area contributed by atoms with Gasteiger partial charge < -0.3 is 9.64 Å². The third-order valence-corrected chi connectivity index (χ3v) is 3.79. The molecule has 0 radical (unpaired) electrons. The van der Waals surface area contributed by atoms with E-state index in [9.17, 15) is 9.18 Å². The first-order chi connectivity index (χ1) is 11.3. The number of carbonyl (C=O) groups is 1. The number of aromatic nitrogens is 1. The second-order valence-electron chi connectivity index (χ2n) is 5.20. The van der Waals surface area contributed by atoms with E-state index in [1.807, 2.05) is 12.3 Å². The van der Waals surface area contributed by atoms with Gasteiger partial charge >= 0.3 is 0 Å². The highest BCUT2D eigenvalue weighted by Gasteiger charge is 2.11. The van der Waals surface area contributed by atoms with Gasteiger partial charge in [0.1, 0.15) is 11.6 Å². The number of aryl methyl sites for hydroxylation is 1. The molecular weight excluding hydrogens is 327 g/mol. The number of carbonyl (C=O) groups excluding carboxylic acids is 1. The number of hydrogen-bond acceptors (Lipinski definition) is 4. The Labute approximate surface area is 146 Å². The van der Waals surface area contributed by atoms with Crippen LogP contribution in [0, 0.1) is 6.92 Å². The van der Waals surface area contributed by atoms with E-state index in [-0.39, 0.29) is 12.3 Å². The van der Waals surface area contributed by atoms with E-state index in [4.69, 9.17) is 4.74 Å². The molecule has 130 valence electrons. The first-order valence-corrected chi connectivity index (χ1v) is 8.39. The summed E-state index contributed by atoms with van der Waals surface area (Å²) in [5.74, 6) is -0.319. The van der Waals surface area contributed by atoms with Crippen LogP contribution in [0.1, 0.15) is 24.0 Å². The molecule has 0 aromatic carbocycles. The molecule has 1 heterocycles. The van der Waals surface area contributed by atoms with Crippen LogP contribution in [0.4, 0.5) is 4.39 Å². The normalized spacial score (nSPS) is 11.6. The lowest BCUT2D eigenvalue weighted by molar-refractivity contribution is -0.129. The summed E-state index contributed by atoms with van der Waals surface area (Å²) in [6, 6.07) is 0. The van der Waals surface area contributed by atoms with E-state index in [2.05, 4.69) is 18.1 Å².